The third kappa shape index (κ3) is 3.34. The molecule has 1 aromatic carbocycles. The molecule has 1 N–H and O–H groups in total. The minimum Gasteiger partial charge on any atom is -0.262 e. The number of hydrogen-bond donors (Lipinski definition) is 1. The fraction of sp³-hybridized carbons (Fsp3) is 0. The molecule has 0 bridgehead atoms. The lowest BCUT2D eigenvalue weighted by Gasteiger charge is -2.08. The average molecular weight is 376 g/mol. The van der Waals surface area contributed by atoms with E-state index in [2.05, 4.69) is 25.6 Å². The molecular weight excluding hydrogens is 369 g/mol. The minimum atomic E-state index is -4.28. The van der Waals surface area contributed by atoms with Crippen LogP contribution in [0.4, 0.5) is 15.9 Å². The van der Waals surface area contributed by atoms with Gasteiger partial charge >= 0.3 is 0 Å². The predicted molar refractivity (Wildman–Crippen MR) is 75.8 cm³/mol. The molecule has 110 valence electrons. The highest BCUT2D eigenvalue weighted by Crippen LogP contribution is 2.28. The minimum absolute atomic E-state index is 0.0314. The standard InChI is InChI=1S/C11H7BrFN3O4S/c12-8-2-1-5-14-11(8)15-21(19,20)10-4-3-7(13)6-9(10)16(17)18/h1-6H,(H,14,15). The highest BCUT2D eigenvalue weighted by molar-refractivity contribution is 9.10. The zero-order valence-corrected chi connectivity index (χ0v) is 12.6. The number of nitro groups is 1. The van der Waals surface area contributed by atoms with Crippen molar-refractivity contribution in [2.24, 2.45) is 0 Å². The highest BCUT2D eigenvalue weighted by Gasteiger charge is 2.27. The van der Waals surface area contributed by atoms with Crippen LogP contribution in [0.15, 0.2) is 45.9 Å². The van der Waals surface area contributed by atoms with Gasteiger partial charge in [-0.25, -0.2) is 17.8 Å². The SMILES string of the molecule is O=[N+]([O-])c1cc(F)ccc1S(=O)(=O)Nc1ncccc1Br. The molecular formula is C11H7BrFN3O4S. The highest BCUT2D eigenvalue weighted by atomic mass is 79.9. The predicted octanol–water partition coefficient (Wildman–Crippen LogP) is 2.69. The van der Waals surface area contributed by atoms with E-state index in [1.807, 2.05) is 0 Å². The Labute approximate surface area is 127 Å². The molecule has 0 saturated heterocycles. The summed E-state index contributed by atoms with van der Waals surface area (Å²) in [5.41, 5.74) is -0.852. The molecule has 10 heteroatoms. The maximum Gasteiger partial charge on any atom is 0.292 e. The van der Waals surface area contributed by atoms with Crippen molar-refractivity contribution in [2.45, 2.75) is 4.90 Å². The molecule has 0 aliphatic carbocycles. The van der Waals surface area contributed by atoms with Gasteiger partial charge in [-0.1, -0.05) is 0 Å². The number of nitro benzene ring substituents is 1. The van der Waals surface area contributed by atoms with Crippen molar-refractivity contribution in [1.82, 2.24) is 4.98 Å². The monoisotopic (exact) mass is 375 g/mol. The van der Waals surface area contributed by atoms with Gasteiger partial charge in [-0.05, 0) is 40.2 Å². The molecule has 0 radical (unpaired) electrons. The van der Waals surface area contributed by atoms with Gasteiger partial charge in [0.25, 0.3) is 15.7 Å². The Morgan fingerprint density at radius 2 is 2.05 bits per heavy atom. The Morgan fingerprint density at radius 3 is 2.67 bits per heavy atom. The van der Waals surface area contributed by atoms with Crippen LogP contribution >= 0.6 is 15.9 Å². The van der Waals surface area contributed by atoms with E-state index in [1.165, 1.54) is 6.20 Å². The van der Waals surface area contributed by atoms with Gasteiger partial charge < -0.3 is 0 Å². The van der Waals surface area contributed by atoms with Gasteiger partial charge in [0.2, 0.25) is 0 Å². The van der Waals surface area contributed by atoms with Crippen LogP contribution in [0.2, 0.25) is 0 Å². The lowest BCUT2D eigenvalue weighted by atomic mass is 10.3. The molecule has 1 heterocycles. The van der Waals surface area contributed by atoms with E-state index in [9.17, 15) is 22.9 Å². The number of aromatic nitrogens is 1. The molecule has 7 nitrogen and oxygen atoms in total. The third-order valence-corrected chi connectivity index (χ3v) is 4.42. The smallest absolute Gasteiger partial charge is 0.262 e. The fourth-order valence-corrected chi connectivity index (χ4v) is 3.17. The zero-order chi connectivity index (χ0) is 15.6. The number of halogens is 2. The van der Waals surface area contributed by atoms with Crippen LogP contribution in [0.25, 0.3) is 0 Å². The Bertz CT molecular complexity index is 813. The van der Waals surface area contributed by atoms with Crippen LogP contribution in [0.1, 0.15) is 0 Å². The van der Waals surface area contributed by atoms with Gasteiger partial charge in [0.1, 0.15) is 5.82 Å². The van der Waals surface area contributed by atoms with E-state index in [-0.39, 0.29) is 5.82 Å². The first-order chi connectivity index (χ1) is 9.81. The first-order valence-corrected chi connectivity index (χ1v) is 7.66. The van der Waals surface area contributed by atoms with E-state index in [1.54, 1.807) is 12.1 Å². The summed E-state index contributed by atoms with van der Waals surface area (Å²) in [5, 5.41) is 10.9. The van der Waals surface area contributed by atoms with E-state index < -0.39 is 31.3 Å². The molecule has 1 aromatic heterocycles. The molecule has 0 aliphatic heterocycles. The fourth-order valence-electron chi connectivity index (χ4n) is 1.50. The van der Waals surface area contributed by atoms with Crippen molar-refractivity contribution in [3.63, 3.8) is 0 Å². The van der Waals surface area contributed by atoms with E-state index in [0.717, 1.165) is 12.1 Å². The summed E-state index contributed by atoms with van der Waals surface area (Å²) >= 11 is 3.10. The van der Waals surface area contributed by atoms with Gasteiger partial charge in [-0.2, -0.15) is 0 Å². The van der Waals surface area contributed by atoms with Crippen molar-refractivity contribution >= 4 is 37.5 Å². The second kappa shape index (κ2) is 5.74. The Balaban J connectivity index is 2.50. The molecule has 2 aromatic rings. The normalized spacial score (nSPS) is 11.1. The summed E-state index contributed by atoms with van der Waals surface area (Å²) in [7, 11) is -4.28. The van der Waals surface area contributed by atoms with Crippen molar-refractivity contribution in [1.29, 1.82) is 0 Å². The van der Waals surface area contributed by atoms with E-state index in [0.29, 0.717) is 10.5 Å². The summed E-state index contributed by atoms with van der Waals surface area (Å²) in [6.07, 6.45) is 1.35. The number of pyridine rings is 1. The first kappa shape index (κ1) is 15.3. The molecule has 0 spiro atoms. The lowest BCUT2D eigenvalue weighted by Crippen LogP contribution is -2.16. The second-order valence-corrected chi connectivity index (χ2v) is 6.31. The number of nitrogens with one attached hydrogen (secondary N) is 1. The molecule has 0 saturated carbocycles. The molecule has 21 heavy (non-hydrogen) atoms. The molecule has 0 unspecified atom stereocenters. The van der Waals surface area contributed by atoms with Gasteiger partial charge in [-0.3, -0.25) is 14.8 Å². The van der Waals surface area contributed by atoms with Crippen LogP contribution in [-0.2, 0) is 10.0 Å². The number of rotatable bonds is 4. The maximum absolute atomic E-state index is 13.0. The molecule has 2 rings (SSSR count). The van der Waals surface area contributed by atoms with Crippen LogP contribution in [0.3, 0.4) is 0 Å². The van der Waals surface area contributed by atoms with Crippen molar-refractivity contribution in [3.05, 3.63) is 56.9 Å². The topological polar surface area (TPSA) is 102 Å². The van der Waals surface area contributed by atoms with E-state index >= 15 is 0 Å². The van der Waals surface area contributed by atoms with Gasteiger partial charge in [0.15, 0.2) is 10.7 Å². The summed E-state index contributed by atoms with van der Waals surface area (Å²) in [6.45, 7) is 0. The summed E-state index contributed by atoms with van der Waals surface area (Å²) < 4.78 is 39.9. The summed E-state index contributed by atoms with van der Waals surface area (Å²) in [6, 6.07) is 5.32. The van der Waals surface area contributed by atoms with Crippen LogP contribution in [0, 0.1) is 15.9 Å². The third-order valence-electron chi connectivity index (χ3n) is 2.40. The van der Waals surface area contributed by atoms with Gasteiger partial charge in [-0.15, -0.1) is 0 Å². The summed E-state index contributed by atoms with van der Waals surface area (Å²) in [5.74, 6) is -0.934. The number of nitrogens with zero attached hydrogens (tertiary/aromatic N) is 2. The van der Waals surface area contributed by atoms with Gasteiger partial charge in [0.05, 0.1) is 15.5 Å². The van der Waals surface area contributed by atoms with Crippen LogP contribution in [-0.4, -0.2) is 18.3 Å². The average Bonchev–Trinajstić information content (AvgIpc) is 2.40. The first-order valence-electron chi connectivity index (χ1n) is 5.38. The maximum atomic E-state index is 13.0. The molecule has 0 fully saturated rings. The van der Waals surface area contributed by atoms with Crippen molar-refractivity contribution < 1.29 is 17.7 Å². The Hall–Kier alpha value is -2.07. The largest absolute Gasteiger partial charge is 0.292 e. The number of hydrogen-bond acceptors (Lipinski definition) is 5. The zero-order valence-electron chi connectivity index (χ0n) is 10.2. The Morgan fingerprint density at radius 1 is 1.33 bits per heavy atom. The molecule has 0 aliphatic rings. The van der Waals surface area contributed by atoms with Crippen molar-refractivity contribution in [3.8, 4) is 0 Å². The second-order valence-electron chi connectivity index (χ2n) is 3.81. The molecule has 0 atom stereocenters. The van der Waals surface area contributed by atoms with Crippen LogP contribution in [0.5, 0.6) is 0 Å². The van der Waals surface area contributed by atoms with Crippen molar-refractivity contribution in [2.75, 3.05) is 4.72 Å². The summed E-state index contributed by atoms with van der Waals surface area (Å²) in [4.78, 5) is 13.0. The van der Waals surface area contributed by atoms with Gasteiger partial charge in [0, 0.05) is 6.20 Å². The quantitative estimate of drug-likeness (QED) is 0.653. The number of anilines is 1. The number of benzene rings is 1. The number of sulfonamides is 1. The van der Waals surface area contributed by atoms with Crippen LogP contribution < -0.4 is 4.72 Å². The lowest BCUT2D eigenvalue weighted by molar-refractivity contribution is -0.388. The molecule has 0 amide bonds. The Kier molecular flexibility index (Phi) is 4.19. The van der Waals surface area contributed by atoms with E-state index in [4.69, 9.17) is 0 Å².